The Balaban J connectivity index is 1.24. The molecular weight excluding hydrogens is 619 g/mol. The maximum Gasteiger partial charge on any atom is 0.160 e. The molecule has 7 aromatic rings. The number of allylic oxidation sites excluding steroid dienone is 5. The van der Waals surface area contributed by atoms with Crippen molar-refractivity contribution in [2.75, 3.05) is 0 Å². The molecule has 0 fully saturated rings. The van der Waals surface area contributed by atoms with Gasteiger partial charge in [-0.3, -0.25) is 0 Å². The number of benzene rings is 5. The Morgan fingerprint density at radius 3 is 1.86 bits per heavy atom. The molecule has 3 nitrogen and oxygen atoms in total. The normalized spacial score (nSPS) is 16.4. The van der Waals surface area contributed by atoms with Gasteiger partial charge in [0, 0.05) is 56.4 Å². The smallest absolute Gasteiger partial charge is 0.160 e. The molecule has 0 N–H and O–H groups in total. The van der Waals surface area contributed by atoms with Gasteiger partial charge in [0.1, 0.15) is 0 Å². The predicted octanol–water partition coefficient (Wildman–Crippen LogP) is 12.0. The van der Waals surface area contributed by atoms with Crippen LogP contribution in [-0.2, 0) is 0 Å². The van der Waals surface area contributed by atoms with E-state index in [0.717, 1.165) is 45.2 Å². The van der Waals surface area contributed by atoms with Gasteiger partial charge in [0.25, 0.3) is 0 Å². The zero-order valence-corrected chi connectivity index (χ0v) is 29.4. The minimum Gasteiger partial charge on any atom is -0.312 e. The number of aromatic nitrogens is 3. The van der Waals surface area contributed by atoms with Crippen LogP contribution >= 0.6 is 0 Å². The van der Waals surface area contributed by atoms with Crippen molar-refractivity contribution in [3.05, 3.63) is 191 Å². The topological polar surface area (TPSA) is 30.7 Å². The van der Waals surface area contributed by atoms with Crippen LogP contribution in [0.5, 0.6) is 0 Å². The molecule has 3 heteroatoms. The second kappa shape index (κ2) is 12.4. The molecule has 246 valence electrons. The van der Waals surface area contributed by atoms with Crippen LogP contribution in [-0.4, -0.2) is 14.5 Å². The van der Waals surface area contributed by atoms with Crippen molar-refractivity contribution in [1.82, 2.24) is 14.5 Å². The van der Waals surface area contributed by atoms with Gasteiger partial charge in [0.15, 0.2) is 5.82 Å². The van der Waals surface area contributed by atoms with E-state index in [4.69, 9.17) is 9.97 Å². The number of rotatable bonds is 5. The minimum atomic E-state index is 0.235. The Kier molecular flexibility index (Phi) is 7.51. The highest BCUT2D eigenvalue weighted by molar-refractivity contribution is 6.02. The molecule has 9 rings (SSSR count). The summed E-state index contributed by atoms with van der Waals surface area (Å²) in [4.78, 5) is 10.4. The number of nitrogens with zero attached hydrogens (tertiary/aromatic N) is 3. The molecule has 51 heavy (non-hydrogen) atoms. The van der Waals surface area contributed by atoms with Gasteiger partial charge >= 0.3 is 0 Å². The molecule has 2 atom stereocenters. The van der Waals surface area contributed by atoms with E-state index < -0.39 is 0 Å². The number of hydrogen-bond acceptors (Lipinski definition) is 2. The average molecular weight is 658 g/mol. The third-order valence-electron chi connectivity index (χ3n) is 10.9. The third-order valence-corrected chi connectivity index (χ3v) is 10.9. The lowest BCUT2D eigenvalue weighted by Gasteiger charge is -2.35. The van der Waals surface area contributed by atoms with Gasteiger partial charge in [-0.05, 0) is 68.2 Å². The lowest BCUT2D eigenvalue weighted by Crippen LogP contribution is -2.22. The van der Waals surface area contributed by atoms with Crippen molar-refractivity contribution in [1.29, 1.82) is 0 Å². The summed E-state index contributed by atoms with van der Waals surface area (Å²) in [6.07, 6.45) is 9.22. The molecule has 2 heterocycles. The quantitative estimate of drug-likeness (QED) is 0.184. The molecule has 5 aromatic carbocycles. The number of fused-ring (bicyclic) bond motifs is 5. The van der Waals surface area contributed by atoms with Crippen molar-refractivity contribution in [3.63, 3.8) is 0 Å². The van der Waals surface area contributed by atoms with E-state index in [1.54, 1.807) is 0 Å². The highest BCUT2D eigenvalue weighted by Gasteiger charge is 2.37. The largest absolute Gasteiger partial charge is 0.312 e. The number of para-hydroxylation sites is 1. The van der Waals surface area contributed by atoms with Gasteiger partial charge in [-0.1, -0.05) is 139 Å². The molecule has 2 aliphatic rings. The Labute approximate surface area is 300 Å². The second-order valence-electron chi connectivity index (χ2n) is 13.9. The zero-order valence-electron chi connectivity index (χ0n) is 29.4. The first-order chi connectivity index (χ1) is 25.0. The minimum absolute atomic E-state index is 0.235. The summed E-state index contributed by atoms with van der Waals surface area (Å²) in [6.45, 7) is 8.88. The van der Waals surface area contributed by atoms with E-state index in [0.29, 0.717) is 5.92 Å². The highest BCUT2D eigenvalue weighted by Crippen LogP contribution is 2.52. The lowest BCUT2D eigenvalue weighted by molar-refractivity contribution is 0.626. The van der Waals surface area contributed by atoms with Gasteiger partial charge in [-0.2, -0.15) is 0 Å². The van der Waals surface area contributed by atoms with Crippen molar-refractivity contribution < 1.29 is 0 Å². The Morgan fingerprint density at radius 1 is 0.529 bits per heavy atom. The fraction of sp³-hybridized carbons (Fsp3) is 0.125. The Bertz CT molecular complexity index is 2560. The summed E-state index contributed by atoms with van der Waals surface area (Å²) in [7, 11) is 0. The van der Waals surface area contributed by atoms with Gasteiger partial charge in [0.05, 0.1) is 16.9 Å². The van der Waals surface area contributed by atoms with Crippen LogP contribution < -0.4 is 0 Å². The monoisotopic (exact) mass is 657 g/mol. The van der Waals surface area contributed by atoms with E-state index in [9.17, 15) is 0 Å². The molecule has 0 spiro atoms. The molecule has 0 radical (unpaired) electrons. The first kappa shape index (κ1) is 31.0. The summed E-state index contributed by atoms with van der Waals surface area (Å²) in [5, 5.41) is 1.29. The molecule has 2 aliphatic carbocycles. The number of hydrogen-bond donors (Lipinski definition) is 0. The SMILES string of the molecule is CC1=C(c2ccccc2C)c2c(n(-c3ccc(-c4nc(-c5ccccc5)nc(-c5ccccc5C)c4C)cc3)c3ccccc23)C2C=CC=CC12. The molecule has 0 aliphatic heterocycles. The van der Waals surface area contributed by atoms with Gasteiger partial charge in [-0.15, -0.1) is 0 Å². The van der Waals surface area contributed by atoms with Crippen LogP contribution in [0.25, 0.3) is 56.1 Å². The van der Waals surface area contributed by atoms with Crippen LogP contribution in [0.4, 0.5) is 0 Å². The first-order valence-electron chi connectivity index (χ1n) is 17.9. The summed E-state index contributed by atoms with van der Waals surface area (Å²) in [5.41, 5.74) is 17.9. The Morgan fingerprint density at radius 2 is 1.14 bits per heavy atom. The van der Waals surface area contributed by atoms with E-state index in [1.807, 2.05) is 18.2 Å². The molecule has 2 aromatic heterocycles. The molecule has 0 amide bonds. The van der Waals surface area contributed by atoms with E-state index in [2.05, 4.69) is 166 Å². The first-order valence-corrected chi connectivity index (χ1v) is 17.9. The van der Waals surface area contributed by atoms with Crippen molar-refractivity contribution >= 4 is 16.5 Å². The van der Waals surface area contributed by atoms with E-state index in [1.165, 1.54) is 50.0 Å². The summed E-state index contributed by atoms with van der Waals surface area (Å²) in [5.74, 6) is 1.26. The van der Waals surface area contributed by atoms with Gasteiger partial charge in [0.2, 0.25) is 0 Å². The maximum absolute atomic E-state index is 5.21. The molecule has 0 bridgehead atoms. The maximum atomic E-state index is 5.21. The van der Waals surface area contributed by atoms with Gasteiger partial charge in [-0.25, -0.2) is 9.97 Å². The van der Waals surface area contributed by atoms with Gasteiger partial charge < -0.3 is 4.57 Å². The van der Waals surface area contributed by atoms with Crippen LogP contribution in [0, 0.1) is 26.7 Å². The van der Waals surface area contributed by atoms with E-state index >= 15 is 0 Å². The van der Waals surface area contributed by atoms with Crippen molar-refractivity contribution in [2.45, 2.75) is 33.6 Å². The fourth-order valence-corrected chi connectivity index (χ4v) is 8.35. The zero-order chi connectivity index (χ0) is 34.6. The number of aryl methyl sites for hydroxylation is 2. The fourth-order valence-electron chi connectivity index (χ4n) is 8.35. The standard InChI is InChI=1S/C48H39N3/c1-30-16-8-10-20-37(30)43-32(3)39-22-12-13-23-40(39)47-44(43)41-24-14-15-25-42(41)51(47)36-28-26-34(27-29-36)45-33(4)46(38-21-11-9-17-31(38)2)50-48(49-45)35-18-6-5-7-19-35/h5-29,39-40H,1-4H3. The molecular formula is C48H39N3. The van der Waals surface area contributed by atoms with Crippen LogP contribution in [0.2, 0.25) is 0 Å². The van der Waals surface area contributed by atoms with Crippen LogP contribution in [0.3, 0.4) is 0 Å². The molecule has 0 saturated carbocycles. The second-order valence-corrected chi connectivity index (χ2v) is 13.9. The van der Waals surface area contributed by atoms with Crippen molar-refractivity contribution in [3.8, 4) is 39.6 Å². The predicted molar refractivity (Wildman–Crippen MR) is 212 cm³/mol. The lowest BCUT2D eigenvalue weighted by atomic mass is 9.70. The Hall–Kier alpha value is -6.06. The molecule has 2 unspecified atom stereocenters. The third kappa shape index (κ3) is 5.03. The van der Waals surface area contributed by atoms with Crippen LogP contribution in [0.15, 0.2) is 157 Å². The summed E-state index contributed by atoms with van der Waals surface area (Å²) in [6, 6.07) is 45.6. The van der Waals surface area contributed by atoms with Crippen molar-refractivity contribution in [2.24, 2.45) is 5.92 Å². The summed E-state index contributed by atoms with van der Waals surface area (Å²) < 4.78 is 2.52. The average Bonchev–Trinajstić information content (AvgIpc) is 3.52. The molecule has 0 saturated heterocycles. The van der Waals surface area contributed by atoms with E-state index in [-0.39, 0.29) is 5.92 Å². The summed E-state index contributed by atoms with van der Waals surface area (Å²) >= 11 is 0. The van der Waals surface area contributed by atoms with Crippen LogP contribution in [0.1, 0.15) is 46.4 Å². The highest BCUT2D eigenvalue weighted by atomic mass is 15.0.